The number of hydrogen-bond donors (Lipinski definition) is 4. The fraction of sp³-hybridized carbons (Fsp3) is 0.0968. The van der Waals surface area contributed by atoms with Gasteiger partial charge in [-0.05, 0) is 78.5 Å². The van der Waals surface area contributed by atoms with E-state index in [1.807, 2.05) is 36.6 Å². The average Bonchev–Trinajstić information content (AvgIpc) is 3.49. The van der Waals surface area contributed by atoms with E-state index >= 15 is 0 Å². The molecule has 1 aromatic heterocycles. The van der Waals surface area contributed by atoms with Crippen molar-refractivity contribution in [2.45, 2.75) is 23.5 Å². The normalized spacial score (nSPS) is 11.8. The number of nitrogens with one attached hydrogen (secondary N) is 3. The smallest absolute Gasteiger partial charge is 0.272 e. The first-order valence-electron chi connectivity index (χ1n) is 12.7. The van der Waals surface area contributed by atoms with Crippen LogP contribution in [0.3, 0.4) is 0 Å². The van der Waals surface area contributed by atoms with Crippen molar-refractivity contribution < 1.29 is 19.2 Å². The van der Waals surface area contributed by atoms with E-state index in [0.717, 1.165) is 9.77 Å². The van der Waals surface area contributed by atoms with Crippen LogP contribution < -0.4 is 21.7 Å². The predicted molar refractivity (Wildman–Crippen MR) is 165 cm³/mol. The van der Waals surface area contributed by atoms with Gasteiger partial charge >= 0.3 is 0 Å². The number of carbonyl (C=O) groups is 4. The molecule has 0 spiro atoms. The van der Waals surface area contributed by atoms with Crippen molar-refractivity contribution in [2.24, 2.45) is 5.73 Å². The number of anilines is 2. The molecule has 1 heterocycles. The van der Waals surface area contributed by atoms with Crippen molar-refractivity contribution in [2.75, 3.05) is 10.6 Å². The minimum absolute atomic E-state index is 0.104. The van der Waals surface area contributed by atoms with Gasteiger partial charge in [-0.1, -0.05) is 37.3 Å². The van der Waals surface area contributed by atoms with E-state index in [4.69, 9.17) is 5.73 Å². The van der Waals surface area contributed by atoms with Crippen LogP contribution >= 0.6 is 23.1 Å². The molecule has 10 heteroatoms. The molecule has 8 nitrogen and oxygen atoms in total. The summed E-state index contributed by atoms with van der Waals surface area (Å²) in [5.41, 5.74) is 7.25. The number of benzene rings is 3. The highest BCUT2D eigenvalue weighted by Crippen LogP contribution is 2.29. The van der Waals surface area contributed by atoms with Gasteiger partial charge in [-0.2, -0.15) is 0 Å². The number of amides is 4. The van der Waals surface area contributed by atoms with E-state index in [9.17, 15) is 19.2 Å². The van der Waals surface area contributed by atoms with E-state index < -0.39 is 23.0 Å². The van der Waals surface area contributed by atoms with Gasteiger partial charge < -0.3 is 21.7 Å². The lowest BCUT2D eigenvalue weighted by molar-refractivity contribution is -0.116. The molecule has 0 fully saturated rings. The summed E-state index contributed by atoms with van der Waals surface area (Å²) >= 11 is 2.81. The first kappa shape index (κ1) is 29.3. The molecule has 0 aliphatic carbocycles. The Kier molecular flexibility index (Phi) is 10.1. The summed E-state index contributed by atoms with van der Waals surface area (Å²) in [5, 5.41) is 9.93. The first-order valence-corrected chi connectivity index (χ1v) is 14.5. The molecule has 5 N–H and O–H groups in total. The Balaban J connectivity index is 1.44. The van der Waals surface area contributed by atoms with Crippen LogP contribution in [-0.2, 0) is 9.59 Å². The molecule has 4 rings (SSSR count). The van der Waals surface area contributed by atoms with Crippen molar-refractivity contribution in [3.05, 3.63) is 118 Å². The lowest BCUT2D eigenvalue weighted by Gasteiger charge is -2.16. The van der Waals surface area contributed by atoms with Crippen molar-refractivity contribution >= 4 is 64.2 Å². The third kappa shape index (κ3) is 8.41. The zero-order valence-corrected chi connectivity index (χ0v) is 23.8. The Morgan fingerprint density at radius 1 is 0.854 bits per heavy atom. The number of hydrogen-bond acceptors (Lipinski definition) is 6. The third-order valence-corrected chi connectivity index (χ3v) is 8.01. The maximum absolute atomic E-state index is 13.3. The molecular weight excluding hydrogens is 556 g/mol. The van der Waals surface area contributed by atoms with Gasteiger partial charge in [0.05, 0.1) is 5.25 Å². The van der Waals surface area contributed by atoms with Crippen LogP contribution in [0.1, 0.15) is 38.9 Å². The van der Waals surface area contributed by atoms with E-state index in [2.05, 4.69) is 16.0 Å². The topological polar surface area (TPSA) is 130 Å². The van der Waals surface area contributed by atoms with Crippen LogP contribution in [-0.4, -0.2) is 28.9 Å². The van der Waals surface area contributed by atoms with Crippen LogP contribution in [0.25, 0.3) is 6.08 Å². The summed E-state index contributed by atoms with van der Waals surface area (Å²) in [5.74, 6) is -1.60. The second kappa shape index (κ2) is 14.1. The number of primary amides is 1. The lowest BCUT2D eigenvalue weighted by atomic mass is 10.2. The molecule has 0 saturated heterocycles. The number of rotatable bonds is 11. The molecule has 0 saturated carbocycles. The van der Waals surface area contributed by atoms with Crippen molar-refractivity contribution in [3.63, 3.8) is 0 Å². The molecule has 0 radical (unpaired) electrons. The summed E-state index contributed by atoms with van der Waals surface area (Å²) < 4.78 is 0. The molecule has 0 aliphatic rings. The standard InChI is InChI=1S/C31H28N4O4S2/c1-2-27(31(39)33-22-15-13-20(14-16-22)28(32)36)41-25-11-6-10-23(18-25)34-30(38)26(19-24-12-7-17-40-24)35-29(37)21-8-4-3-5-9-21/h3-19,27H,2H2,1H3,(H2,32,36)(H,33,39)(H,34,38)(H,35,37)/b26-19-. The van der Waals surface area contributed by atoms with Crippen molar-refractivity contribution in [3.8, 4) is 0 Å². The highest BCUT2D eigenvalue weighted by molar-refractivity contribution is 8.00. The van der Waals surface area contributed by atoms with Crippen LogP contribution in [0.4, 0.5) is 11.4 Å². The Labute approximate surface area is 246 Å². The second-order valence-electron chi connectivity index (χ2n) is 8.82. The average molecular weight is 585 g/mol. The van der Waals surface area contributed by atoms with Gasteiger partial charge in [-0.3, -0.25) is 19.2 Å². The predicted octanol–water partition coefficient (Wildman–Crippen LogP) is 5.77. The number of thioether (sulfide) groups is 1. The van der Waals surface area contributed by atoms with Gasteiger partial charge in [0.2, 0.25) is 11.8 Å². The second-order valence-corrected chi connectivity index (χ2v) is 11.1. The van der Waals surface area contributed by atoms with Gasteiger partial charge in [0.1, 0.15) is 5.70 Å². The van der Waals surface area contributed by atoms with Crippen LogP contribution in [0.5, 0.6) is 0 Å². The van der Waals surface area contributed by atoms with Crippen LogP contribution in [0, 0.1) is 0 Å². The molecule has 208 valence electrons. The molecule has 4 aromatic rings. The molecule has 1 unspecified atom stereocenters. The maximum Gasteiger partial charge on any atom is 0.272 e. The molecule has 4 amide bonds. The van der Waals surface area contributed by atoms with Crippen molar-refractivity contribution in [1.82, 2.24) is 5.32 Å². The van der Waals surface area contributed by atoms with Crippen LogP contribution in [0.2, 0.25) is 0 Å². The van der Waals surface area contributed by atoms with E-state index in [1.165, 1.54) is 23.1 Å². The third-order valence-electron chi connectivity index (χ3n) is 5.83. The molecule has 0 aliphatic heterocycles. The lowest BCUT2D eigenvalue weighted by Crippen LogP contribution is -2.30. The van der Waals surface area contributed by atoms with E-state index in [1.54, 1.807) is 72.8 Å². The monoisotopic (exact) mass is 584 g/mol. The SMILES string of the molecule is CCC(Sc1cccc(NC(=O)/C(=C/c2cccs2)NC(=O)c2ccccc2)c1)C(=O)Nc1ccc(C(N)=O)cc1. The highest BCUT2D eigenvalue weighted by Gasteiger charge is 2.19. The molecule has 3 aromatic carbocycles. The summed E-state index contributed by atoms with van der Waals surface area (Å²) in [7, 11) is 0. The van der Waals surface area contributed by atoms with Gasteiger partial charge in [-0.15, -0.1) is 23.1 Å². The van der Waals surface area contributed by atoms with Crippen molar-refractivity contribution in [1.29, 1.82) is 0 Å². The van der Waals surface area contributed by atoms with Gasteiger partial charge in [-0.25, -0.2) is 0 Å². The molecular formula is C31H28N4O4S2. The Hall–Kier alpha value is -4.67. The fourth-order valence-corrected chi connectivity index (χ4v) is 5.40. The zero-order chi connectivity index (χ0) is 29.2. The Morgan fingerprint density at radius 3 is 2.27 bits per heavy atom. The van der Waals surface area contributed by atoms with Gasteiger partial charge in [0.15, 0.2) is 0 Å². The van der Waals surface area contributed by atoms with E-state index in [0.29, 0.717) is 28.9 Å². The fourth-order valence-electron chi connectivity index (χ4n) is 3.73. The summed E-state index contributed by atoms with van der Waals surface area (Å²) in [6.45, 7) is 1.91. The first-order chi connectivity index (χ1) is 19.8. The number of carbonyl (C=O) groups excluding carboxylic acids is 4. The molecule has 1 atom stereocenters. The van der Waals surface area contributed by atoms with Gasteiger partial charge in [0.25, 0.3) is 11.8 Å². The zero-order valence-electron chi connectivity index (χ0n) is 22.1. The summed E-state index contributed by atoms with van der Waals surface area (Å²) in [6, 6.07) is 25.9. The summed E-state index contributed by atoms with van der Waals surface area (Å²) in [4.78, 5) is 51.9. The quantitative estimate of drug-likeness (QED) is 0.131. The number of thiophene rings is 1. The molecule has 0 bridgehead atoms. The highest BCUT2D eigenvalue weighted by atomic mass is 32.2. The van der Waals surface area contributed by atoms with Crippen LogP contribution in [0.15, 0.2) is 107 Å². The largest absolute Gasteiger partial charge is 0.366 e. The minimum atomic E-state index is -0.537. The van der Waals surface area contributed by atoms with E-state index in [-0.39, 0.29) is 11.6 Å². The maximum atomic E-state index is 13.3. The summed E-state index contributed by atoms with van der Waals surface area (Å²) in [6.07, 6.45) is 2.19. The minimum Gasteiger partial charge on any atom is -0.366 e. The Morgan fingerprint density at radius 2 is 1.61 bits per heavy atom. The number of nitrogens with two attached hydrogens (primary N) is 1. The molecule has 41 heavy (non-hydrogen) atoms. The Bertz CT molecular complexity index is 1550. The van der Waals surface area contributed by atoms with Gasteiger partial charge in [0, 0.05) is 32.3 Å².